The van der Waals surface area contributed by atoms with Crippen molar-refractivity contribution in [3.63, 3.8) is 0 Å². The van der Waals surface area contributed by atoms with E-state index in [0.29, 0.717) is 18.6 Å². The number of nitrogens with zero attached hydrogens (tertiary/aromatic N) is 1. The summed E-state index contributed by atoms with van der Waals surface area (Å²) in [4.78, 5) is 14.9. The normalized spacial score (nSPS) is 40.7. The van der Waals surface area contributed by atoms with Gasteiger partial charge < -0.3 is 19.8 Å². The Morgan fingerprint density at radius 3 is 3.00 bits per heavy atom. The molecule has 1 saturated heterocycles. The molecule has 1 aromatic carbocycles. The molecule has 2 aliphatic carbocycles. The van der Waals surface area contributed by atoms with Gasteiger partial charge >= 0.3 is 0 Å². The summed E-state index contributed by atoms with van der Waals surface area (Å²) < 4.78 is 6.13. The van der Waals surface area contributed by atoms with Gasteiger partial charge in [-0.15, -0.1) is 0 Å². The number of hydrogen-bond donors (Lipinski definition) is 2. The van der Waals surface area contributed by atoms with Crippen LogP contribution in [0.5, 0.6) is 5.75 Å². The fourth-order valence-corrected chi connectivity index (χ4v) is 5.73. The molecule has 1 saturated carbocycles. The molecule has 1 unspecified atom stereocenters. The number of carbonyl (C=O) groups excluding carboxylic acids is 1. The van der Waals surface area contributed by atoms with Crippen LogP contribution in [0.1, 0.15) is 36.0 Å². The van der Waals surface area contributed by atoms with Crippen molar-refractivity contribution in [2.45, 2.75) is 55.5 Å². The smallest absolute Gasteiger partial charge is 0.174 e. The molecule has 0 amide bonds. The van der Waals surface area contributed by atoms with Crippen LogP contribution in [0.25, 0.3) is 0 Å². The summed E-state index contributed by atoms with van der Waals surface area (Å²) in [6, 6.07) is 3.96. The Bertz CT molecular complexity index is 732. The van der Waals surface area contributed by atoms with Crippen molar-refractivity contribution >= 4 is 5.78 Å². The van der Waals surface area contributed by atoms with Gasteiger partial charge in [-0.3, -0.25) is 4.79 Å². The lowest BCUT2D eigenvalue weighted by atomic mass is 9.49. The topological polar surface area (TPSA) is 70.0 Å². The molecule has 2 N–H and O–H groups in total. The Hall–Kier alpha value is -1.43. The van der Waals surface area contributed by atoms with Crippen molar-refractivity contribution in [2.24, 2.45) is 0 Å². The first-order valence-electron chi connectivity index (χ1n) is 8.41. The number of Topliss-reactive ketones (excluding diaryl/α,β-unsaturated/α-hetero) is 1. The monoisotopic (exact) mass is 315 g/mol. The Morgan fingerprint density at radius 2 is 2.22 bits per heavy atom. The van der Waals surface area contributed by atoms with Crippen LogP contribution < -0.4 is 4.74 Å². The fraction of sp³-hybridized carbons (Fsp3) is 0.611. The third-order valence-electron chi connectivity index (χ3n) is 6.80. The van der Waals surface area contributed by atoms with Crippen molar-refractivity contribution < 1.29 is 19.7 Å². The minimum Gasteiger partial charge on any atom is -0.481 e. The van der Waals surface area contributed by atoms with Crippen molar-refractivity contribution in [1.82, 2.24) is 4.90 Å². The van der Waals surface area contributed by atoms with Gasteiger partial charge in [0.15, 0.2) is 11.9 Å². The van der Waals surface area contributed by atoms with E-state index in [1.54, 1.807) is 0 Å². The quantitative estimate of drug-likeness (QED) is 0.791. The van der Waals surface area contributed by atoms with Crippen LogP contribution in [0.3, 0.4) is 0 Å². The maximum atomic E-state index is 12.6. The Kier molecular flexibility index (Phi) is 2.52. The standard InChI is InChI=1S/C18H21NO4/c1-19-7-6-17-14-10-2-3-11(9-20)15(14)23-16(17)12(21)4-5-18(17,22)13(19)8-10/h2-3,13,16,20,22H,4-9H2,1H3/t13-,16+,17+,18?/m1/s1. The molecule has 5 rings (SSSR count). The largest absolute Gasteiger partial charge is 0.481 e. The molecule has 0 aromatic heterocycles. The van der Waals surface area contributed by atoms with E-state index in [4.69, 9.17) is 4.74 Å². The van der Waals surface area contributed by atoms with Crippen LogP contribution in [0.2, 0.25) is 0 Å². The second-order valence-corrected chi connectivity index (χ2v) is 7.56. The third kappa shape index (κ3) is 1.35. The zero-order chi connectivity index (χ0) is 16.0. The van der Waals surface area contributed by atoms with Crippen molar-refractivity contribution in [2.75, 3.05) is 13.6 Å². The molecule has 4 atom stereocenters. The van der Waals surface area contributed by atoms with Gasteiger partial charge in [-0.05, 0) is 38.4 Å². The van der Waals surface area contributed by atoms with Gasteiger partial charge in [0.05, 0.1) is 17.6 Å². The molecular weight excluding hydrogens is 294 g/mol. The molecule has 2 aliphatic heterocycles. The fourth-order valence-electron chi connectivity index (χ4n) is 5.73. The molecule has 23 heavy (non-hydrogen) atoms. The lowest BCUT2D eigenvalue weighted by Crippen LogP contribution is -2.76. The highest BCUT2D eigenvalue weighted by Crippen LogP contribution is 2.63. The number of aliphatic hydroxyl groups excluding tert-OH is 1. The first-order valence-corrected chi connectivity index (χ1v) is 8.41. The Labute approximate surface area is 134 Å². The minimum absolute atomic E-state index is 0.0221. The van der Waals surface area contributed by atoms with Gasteiger partial charge in [-0.2, -0.15) is 0 Å². The highest BCUT2D eigenvalue weighted by atomic mass is 16.5. The SMILES string of the molecule is CN1CC[C@]23c4c5ccc(CO)c4O[C@H]2C(=O)CCC3(O)[C@H]1C5. The van der Waals surface area contributed by atoms with Crippen molar-refractivity contribution in [1.29, 1.82) is 0 Å². The number of likely N-dealkylation sites (tertiary alicyclic amines) is 1. The van der Waals surface area contributed by atoms with Gasteiger partial charge in [0.2, 0.25) is 0 Å². The zero-order valence-electron chi connectivity index (χ0n) is 13.2. The zero-order valence-corrected chi connectivity index (χ0v) is 13.2. The molecule has 5 nitrogen and oxygen atoms in total. The summed E-state index contributed by atoms with van der Waals surface area (Å²) in [5.41, 5.74) is 1.34. The molecule has 0 radical (unpaired) electrons. The number of benzene rings is 1. The molecule has 4 aliphatic rings. The van der Waals surface area contributed by atoms with E-state index in [1.807, 2.05) is 12.1 Å². The molecule has 1 spiro atoms. The van der Waals surface area contributed by atoms with Crippen LogP contribution in [-0.2, 0) is 23.2 Å². The van der Waals surface area contributed by atoms with Gasteiger partial charge in [0.25, 0.3) is 0 Å². The average molecular weight is 315 g/mol. The van der Waals surface area contributed by atoms with E-state index >= 15 is 0 Å². The highest BCUT2D eigenvalue weighted by molar-refractivity contribution is 5.89. The summed E-state index contributed by atoms with van der Waals surface area (Å²) in [7, 11) is 2.06. The van der Waals surface area contributed by atoms with Crippen LogP contribution >= 0.6 is 0 Å². The number of rotatable bonds is 1. The molecule has 1 aromatic rings. The summed E-state index contributed by atoms with van der Waals surface area (Å²) in [5.74, 6) is 0.748. The van der Waals surface area contributed by atoms with E-state index in [0.717, 1.165) is 36.1 Å². The van der Waals surface area contributed by atoms with Gasteiger partial charge in [-0.25, -0.2) is 0 Å². The van der Waals surface area contributed by atoms with Crippen LogP contribution in [-0.4, -0.2) is 52.2 Å². The predicted molar refractivity (Wildman–Crippen MR) is 82.4 cm³/mol. The number of piperidine rings is 1. The van der Waals surface area contributed by atoms with E-state index in [2.05, 4.69) is 11.9 Å². The second kappa shape index (κ2) is 4.15. The highest BCUT2D eigenvalue weighted by Gasteiger charge is 2.72. The number of aliphatic hydroxyl groups is 2. The molecule has 2 heterocycles. The average Bonchev–Trinajstić information content (AvgIpc) is 2.90. The lowest BCUT2D eigenvalue weighted by Gasteiger charge is -2.62. The summed E-state index contributed by atoms with van der Waals surface area (Å²) in [6.45, 7) is 0.740. The number of ether oxygens (including phenoxy) is 1. The van der Waals surface area contributed by atoms with E-state index in [9.17, 15) is 15.0 Å². The number of carbonyl (C=O) groups is 1. The first-order chi connectivity index (χ1) is 11.0. The van der Waals surface area contributed by atoms with Gasteiger partial charge in [0.1, 0.15) is 5.75 Å². The van der Waals surface area contributed by atoms with Crippen LogP contribution in [0, 0.1) is 0 Å². The number of ketones is 1. The Morgan fingerprint density at radius 1 is 1.39 bits per heavy atom. The lowest BCUT2D eigenvalue weighted by molar-refractivity contribution is -0.185. The van der Waals surface area contributed by atoms with Gasteiger partial charge in [0, 0.05) is 23.6 Å². The molecular formula is C18H21NO4. The van der Waals surface area contributed by atoms with E-state index < -0.39 is 17.1 Å². The summed E-state index contributed by atoms with van der Waals surface area (Å²) >= 11 is 0. The second-order valence-electron chi connectivity index (χ2n) is 7.56. The number of likely N-dealkylation sites (N-methyl/N-ethyl adjacent to an activating group) is 1. The molecule has 5 heteroatoms. The summed E-state index contributed by atoms with van der Waals surface area (Å²) in [6.07, 6.45) is 1.77. The Balaban J connectivity index is 1.86. The van der Waals surface area contributed by atoms with Gasteiger partial charge in [-0.1, -0.05) is 12.1 Å². The van der Waals surface area contributed by atoms with Crippen molar-refractivity contribution in [3.05, 3.63) is 28.8 Å². The van der Waals surface area contributed by atoms with Crippen LogP contribution in [0.15, 0.2) is 12.1 Å². The summed E-state index contributed by atoms with van der Waals surface area (Å²) in [5, 5.41) is 21.4. The molecule has 2 bridgehead atoms. The number of hydrogen-bond acceptors (Lipinski definition) is 5. The van der Waals surface area contributed by atoms with E-state index in [-0.39, 0.29) is 18.4 Å². The predicted octanol–water partition coefficient (Wildman–Crippen LogP) is 0.532. The molecule has 122 valence electrons. The third-order valence-corrected chi connectivity index (χ3v) is 6.80. The minimum atomic E-state index is -0.926. The maximum Gasteiger partial charge on any atom is 0.174 e. The maximum absolute atomic E-state index is 12.6. The van der Waals surface area contributed by atoms with Crippen LogP contribution in [0.4, 0.5) is 0 Å². The first kappa shape index (κ1) is 14.0. The van der Waals surface area contributed by atoms with Crippen molar-refractivity contribution in [3.8, 4) is 5.75 Å². The van der Waals surface area contributed by atoms with E-state index in [1.165, 1.54) is 0 Å². The molecule has 2 fully saturated rings.